The lowest BCUT2D eigenvalue weighted by Crippen LogP contribution is -2.23. The van der Waals surface area contributed by atoms with E-state index in [9.17, 15) is 4.79 Å². The quantitative estimate of drug-likeness (QED) is 0.848. The molecule has 0 saturated heterocycles. The van der Waals surface area contributed by atoms with Crippen LogP contribution in [0.25, 0.3) is 0 Å². The number of benzene rings is 1. The maximum absolute atomic E-state index is 12.2. The molecule has 23 heavy (non-hydrogen) atoms. The largest absolute Gasteiger partial charge is 0.466 e. The van der Waals surface area contributed by atoms with Crippen LogP contribution >= 0.6 is 0 Å². The molecule has 1 N–H and O–H groups in total. The van der Waals surface area contributed by atoms with Crippen LogP contribution in [0.15, 0.2) is 34.7 Å². The first-order chi connectivity index (χ1) is 11.0. The number of nitrogens with zero attached hydrogens (tertiary/aromatic N) is 1. The highest BCUT2D eigenvalue weighted by molar-refractivity contribution is 5.95. The minimum atomic E-state index is -0.0911. The van der Waals surface area contributed by atoms with Gasteiger partial charge in [0.2, 0.25) is 0 Å². The Hall–Kier alpha value is -2.07. The van der Waals surface area contributed by atoms with Gasteiger partial charge in [-0.05, 0) is 44.1 Å². The van der Waals surface area contributed by atoms with Gasteiger partial charge in [0.05, 0.1) is 5.56 Å². The van der Waals surface area contributed by atoms with Crippen LogP contribution in [0.3, 0.4) is 0 Å². The molecule has 1 aromatic carbocycles. The lowest BCUT2D eigenvalue weighted by molar-refractivity contribution is 0.0949. The van der Waals surface area contributed by atoms with Crippen molar-refractivity contribution in [3.05, 3.63) is 58.5 Å². The minimum Gasteiger partial charge on any atom is -0.466 e. The summed E-state index contributed by atoms with van der Waals surface area (Å²) in [6, 6.07) is 10.2. The van der Waals surface area contributed by atoms with E-state index >= 15 is 0 Å². The van der Waals surface area contributed by atoms with E-state index in [0.29, 0.717) is 17.9 Å². The fourth-order valence-corrected chi connectivity index (χ4v) is 2.60. The summed E-state index contributed by atoms with van der Waals surface area (Å²) in [6.07, 6.45) is 0. The zero-order chi connectivity index (χ0) is 16.8. The fourth-order valence-electron chi connectivity index (χ4n) is 2.60. The van der Waals surface area contributed by atoms with Crippen molar-refractivity contribution in [3.63, 3.8) is 0 Å². The van der Waals surface area contributed by atoms with Gasteiger partial charge < -0.3 is 9.73 Å². The predicted octanol–water partition coefficient (Wildman–Crippen LogP) is 3.67. The predicted molar refractivity (Wildman–Crippen MR) is 92.4 cm³/mol. The lowest BCUT2D eigenvalue weighted by atomic mass is 10.1. The summed E-state index contributed by atoms with van der Waals surface area (Å²) >= 11 is 0. The Morgan fingerprint density at radius 1 is 1.09 bits per heavy atom. The van der Waals surface area contributed by atoms with Gasteiger partial charge in [0.15, 0.2) is 0 Å². The SMILES string of the molecule is CCN(CC)Cc1ccc(CNC(=O)c2cc(C)oc2C)cc1. The molecule has 0 unspecified atom stereocenters. The van der Waals surface area contributed by atoms with E-state index in [1.807, 2.05) is 13.8 Å². The van der Waals surface area contributed by atoms with Crippen LogP contribution in [-0.4, -0.2) is 23.9 Å². The Labute approximate surface area is 138 Å². The average Bonchev–Trinajstić information content (AvgIpc) is 2.90. The summed E-state index contributed by atoms with van der Waals surface area (Å²) in [6.45, 7) is 11.6. The molecule has 0 bridgehead atoms. The Morgan fingerprint density at radius 3 is 2.22 bits per heavy atom. The Balaban J connectivity index is 1.91. The number of carbonyl (C=O) groups excluding carboxylic acids is 1. The molecule has 4 nitrogen and oxygen atoms in total. The Morgan fingerprint density at radius 2 is 1.70 bits per heavy atom. The molecule has 1 amide bonds. The van der Waals surface area contributed by atoms with Gasteiger partial charge in [-0.15, -0.1) is 0 Å². The van der Waals surface area contributed by atoms with Gasteiger partial charge >= 0.3 is 0 Å². The van der Waals surface area contributed by atoms with Crippen molar-refractivity contribution in [3.8, 4) is 0 Å². The maximum Gasteiger partial charge on any atom is 0.255 e. The highest BCUT2D eigenvalue weighted by Crippen LogP contribution is 2.14. The molecule has 2 aromatic rings. The van der Waals surface area contributed by atoms with Gasteiger partial charge in [0.25, 0.3) is 5.91 Å². The average molecular weight is 314 g/mol. The van der Waals surface area contributed by atoms with Gasteiger partial charge in [-0.3, -0.25) is 9.69 Å². The monoisotopic (exact) mass is 314 g/mol. The Kier molecular flexibility index (Phi) is 5.99. The van der Waals surface area contributed by atoms with Crippen molar-refractivity contribution in [1.82, 2.24) is 10.2 Å². The van der Waals surface area contributed by atoms with Crippen molar-refractivity contribution in [2.24, 2.45) is 0 Å². The summed E-state index contributed by atoms with van der Waals surface area (Å²) in [4.78, 5) is 14.5. The molecule has 0 aliphatic heterocycles. The number of amides is 1. The summed E-state index contributed by atoms with van der Waals surface area (Å²) in [7, 11) is 0. The van der Waals surface area contributed by atoms with Crippen molar-refractivity contribution in [1.29, 1.82) is 0 Å². The second-order valence-electron chi connectivity index (χ2n) is 5.79. The molecule has 0 spiro atoms. The highest BCUT2D eigenvalue weighted by atomic mass is 16.3. The molecule has 0 saturated carbocycles. The van der Waals surface area contributed by atoms with E-state index in [2.05, 4.69) is 48.3 Å². The van der Waals surface area contributed by atoms with E-state index in [-0.39, 0.29) is 5.91 Å². The van der Waals surface area contributed by atoms with Gasteiger partial charge in [0.1, 0.15) is 11.5 Å². The van der Waals surface area contributed by atoms with Crippen molar-refractivity contribution in [2.75, 3.05) is 13.1 Å². The summed E-state index contributed by atoms with van der Waals surface area (Å²) in [5.74, 6) is 1.33. The molecule has 0 aliphatic rings. The van der Waals surface area contributed by atoms with E-state index in [1.165, 1.54) is 5.56 Å². The van der Waals surface area contributed by atoms with Crippen molar-refractivity contribution in [2.45, 2.75) is 40.8 Å². The smallest absolute Gasteiger partial charge is 0.255 e. The minimum absolute atomic E-state index is 0.0911. The van der Waals surface area contributed by atoms with Crippen molar-refractivity contribution >= 4 is 5.91 Å². The number of hydrogen-bond acceptors (Lipinski definition) is 3. The first-order valence-corrected chi connectivity index (χ1v) is 8.18. The molecule has 4 heteroatoms. The summed E-state index contributed by atoms with van der Waals surface area (Å²) in [5, 5.41) is 2.94. The van der Waals surface area contributed by atoms with Crippen LogP contribution in [0.5, 0.6) is 0 Å². The van der Waals surface area contributed by atoms with E-state index in [4.69, 9.17) is 4.42 Å². The molecule has 0 aliphatic carbocycles. The molecule has 0 radical (unpaired) electrons. The number of nitrogens with one attached hydrogen (secondary N) is 1. The van der Waals surface area contributed by atoms with Crippen LogP contribution in [0, 0.1) is 13.8 Å². The zero-order valence-corrected chi connectivity index (χ0v) is 14.5. The van der Waals surface area contributed by atoms with Crippen LogP contribution < -0.4 is 5.32 Å². The molecule has 1 aromatic heterocycles. The highest BCUT2D eigenvalue weighted by Gasteiger charge is 2.12. The van der Waals surface area contributed by atoms with E-state index in [0.717, 1.165) is 31.0 Å². The molecule has 0 atom stereocenters. The number of carbonyl (C=O) groups is 1. The number of furan rings is 1. The Bertz CT molecular complexity index is 640. The van der Waals surface area contributed by atoms with Crippen LogP contribution in [0.4, 0.5) is 0 Å². The zero-order valence-electron chi connectivity index (χ0n) is 14.5. The third kappa shape index (κ3) is 4.70. The number of aryl methyl sites for hydroxylation is 2. The van der Waals surface area contributed by atoms with E-state index in [1.54, 1.807) is 6.07 Å². The van der Waals surface area contributed by atoms with Crippen molar-refractivity contribution < 1.29 is 9.21 Å². The van der Waals surface area contributed by atoms with Crippen LogP contribution in [0.1, 0.15) is 46.9 Å². The van der Waals surface area contributed by atoms with Crippen LogP contribution in [0.2, 0.25) is 0 Å². The maximum atomic E-state index is 12.2. The molecule has 0 fully saturated rings. The van der Waals surface area contributed by atoms with E-state index < -0.39 is 0 Å². The topological polar surface area (TPSA) is 45.5 Å². The fraction of sp³-hybridized carbons (Fsp3) is 0.421. The molecule has 1 heterocycles. The van der Waals surface area contributed by atoms with Gasteiger partial charge in [-0.2, -0.15) is 0 Å². The summed E-state index contributed by atoms with van der Waals surface area (Å²) < 4.78 is 5.40. The standard InChI is InChI=1S/C19H26N2O2/c1-5-21(6-2)13-17-9-7-16(8-10-17)12-20-19(22)18-11-14(3)23-15(18)4/h7-11H,5-6,12-13H2,1-4H3,(H,20,22). The van der Waals surface area contributed by atoms with Crippen LogP contribution in [-0.2, 0) is 13.1 Å². The van der Waals surface area contributed by atoms with Gasteiger partial charge in [0, 0.05) is 13.1 Å². The second-order valence-corrected chi connectivity index (χ2v) is 5.79. The summed E-state index contributed by atoms with van der Waals surface area (Å²) in [5.41, 5.74) is 3.00. The number of rotatable bonds is 7. The molecule has 124 valence electrons. The first-order valence-electron chi connectivity index (χ1n) is 8.18. The molecular formula is C19H26N2O2. The van der Waals surface area contributed by atoms with Gasteiger partial charge in [-0.1, -0.05) is 38.1 Å². The molecule has 2 rings (SSSR count). The third-order valence-electron chi connectivity index (χ3n) is 4.06. The third-order valence-corrected chi connectivity index (χ3v) is 4.06. The number of hydrogen-bond donors (Lipinski definition) is 1. The lowest BCUT2D eigenvalue weighted by Gasteiger charge is -2.18. The van der Waals surface area contributed by atoms with Gasteiger partial charge in [-0.25, -0.2) is 0 Å². The normalized spacial score (nSPS) is 11.0. The molecular weight excluding hydrogens is 288 g/mol. The second kappa shape index (κ2) is 7.97. The first kappa shape index (κ1) is 17.3.